The van der Waals surface area contributed by atoms with Crippen LogP contribution in [0.4, 0.5) is 17.1 Å². The number of nitrogens with zero attached hydrogens (tertiary/aromatic N) is 1. The normalized spacial score (nSPS) is 15.0. The molecule has 1 saturated heterocycles. The van der Waals surface area contributed by atoms with E-state index in [1.54, 1.807) is 0 Å². The number of benzene rings is 2. The molecule has 0 bridgehead atoms. The molecule has 2 amide bonds. The Morgan fingerprint density at radius 3 is 2.14 bits per heavy atom. The minimum atomic E-state index is -0.245. The number of carbonyl (C=O) groups excluding carboxylic acids is 2. The smallest absolute Gasteiger partial charge is 0.237 e. The molecule has 0 spiro atoms. The highest BCUT2D eigenvalue weighted by atomic mass is 32.2. The molecule has 0 aliphatic carbocycles. The molecular formula is C21H25N3O3S. The molecule has 0 aromatic heterocycles. The van der Waals surface area contributed by atoms with Crippen molar-refractivity contribution < 1.29 is 14.3 Å². The van der Waals surface area contributed by atoms with E-state index in [4.69, 9.17) is 4.74 Å². The molecule has 1 fully saturated rings. The van der Waals surface area contributed by atoms with Gasteiger partial charge in [0.15, 0.2) is 0 Å². The molecule has 6 nitrogen and oxygen atoms in total. The van der Waals surface area contributed by atoms with Crippen molar-refractivity contribution in [1.29, 1.82) is 0 Å². The summed E-state index contributed by atoms with van der Waals surface area (Å²) in [5.41, 5.74) is 2.67. The Bertz CT molecular complexity index is 803. The number of hydrogen-bond acceptors (Lipinski definition) is 5. The fourth-order valence-electron chi connectivity index (χ4n) is 2.90. The van der Waals surface area contributed by atoms with Crippen LogP contribution in [0.2, 0.25) is 0 Å². The van der Waals surface area contributed by atoms with Crippen LogP contribution in [0.3, 0.4) is 0 Å². The van der Waals surface area contributed by atoms with Gasteiger partial charge in [0, 0.05) is 42.0 Å². The standard InChI is InChI=1S/C21H25N3O3S/c1-15(28-20-9-5-17(6-10-20)22-16(2)25)21(26)23-18-3-7-19(8-4-18)24-11-13-27-14-12-24/h3-10,15H,11-14H2,1-2H3,(H,22,25)(H,23,26)/t15-/m0/s1. The molecule has 1 aliphatic heterocycles. The molecule has 2 aromatic carbocycles. The summed E-state index contributed by atoms with van der Waals surface area (Å²) in [5, 5.41) is 5.46. The Morgan fingerprint density at radius 2 is 1.54 bits per heavy atom. The zero-order valence-electron chi connectivity index (χ0n) is 16.1. The first kappa shape index (κ1) is 20.2. The number of amides is 2. The summed E-state index contributed by atoms with van der Waals surface area (Å²) in [6.07, 6.45) is 0. The summed E-state index contributed by atoms with van der Waals surface area (Å²) in [5.74, 6) is -0.150. The van der Waals surface area contributed by atoms with Crippen LogP contribution in [-0.4, -0.2) is 43.4 Å². The maximum absolute atomic E-state index is 12.5. The van der Waals surface area contributed by atoms with E-state index >= 15 is 0 Å². The minimum absolute atomic E-state index is 0.0462. The van der Waals surface area contributed by atoms with Crippen LogP contribution in [0, 0.1) is 0 Å². The summed E-state index contributed by atoms with van der Waals surface area (Å²) >= 11 is 1.48. The molecule has 0 radical (unpaired) electrons. The van der Waals surface area contributed by atoms with Crippen LogP contribution in [0.25, 0.3) is 0 Å². The van der Waals surface area contributed by atoms with Crippen molar-refractivity contribution in [2.24, 2.45) is 0 Å². The lowest BCUT2D eigenvalue weighted by atomic mass is 10.2. The Kier molecular flexibility index (Phi) is 6.95. The second-order valence-corrected chi connectivity index (χ2v) is 8.02. The number of rotatable bonds is 6. The van der Waals surface area contributed by atoms with Crippen LogP contribution < -0.4 is 15.5 Å². The summed E-state index contributed by atoms with van der Waals surface area (Å²) in [6.45, 7) is 6.63. The number of ether oxygens (including phenoxy) is 1. The monoisotopic (exact) mass is 399 g/mol. The van der Waals surface area contributed by atoms with Gasteiger partial charge in [0.1, 0.15) is 0 Å². The highest BCUT2D eigenvalue weighted by Gasteiger charge is 2.15. The minimum Gasteiger partial charge on any atom is -0.378 e. The van der Waals surface area contributed by atoms with Gasteiger partial charge in [0.25, 0.3) is 0 Å². The Labute approximate surface area is 169 Å². The molecule has 1 heterocycles. The summed E-state index contributed by atoms with van der Waals surface area (Å²) in [6, 6.07) is 15.4. The lowest BCUT2D eigenvalue weighted by molar-refractivity contribution is -0.115. The first-order valence-electron chi connectivity index (χ1n) is 9.29. The van der Waals surface area contributed by atoms with Gasteiger partial charge in [-0.3, -0.25) is 9.59 Å². The van der Waals surface area contributed by atoms with Crippen LogP contribution in [0.1, 0.15) is 13.8 Å². The molecule has 7 heteroatoms. The summed E-state index contributed by atoms with van der Waals surface area (Å²) in [7, 11) is 0. The highest BCUT2D eigenvalue weighted by molar-refractivity contribution is 8.00. The molecule has 0 unspecified atom stereocenters. The second kappa shape index (κ2) is 9.61. The largest absolute Gasteiger partial charge is 0.378 e. The average molecular weight is 400 g/mol. The maximum Gasteiger partial charge on any atom is 0.237 e. The molecule has 2 N–H and O–H groups in total. The molecule has 2 aromatic rings. The van der Waals surface area contributed by atoms with E-state index in [9.17, 15) is 9.59 Å². The van der Waals surface area contributed by atoms with Crippen LogP contribution >= 0.6 is 11.8 Å². The number of hydrogen-bond donors (Lipinski definition) is 2. The molecule has 3 rings (SSSR count). The van der Waals surface area contributed by atoms with E-state index < -0.39 is 0 Å². The SMILES string of the molecule is CC(=O)Nc1ccc(S[C@@H](C)C(=O)Nc2ccc(N3CCOCC3)cc2)cc1. The van der Waals surface area contributed by atoms with E-state index in [1.165, 1.54) is 18.7 Å². The zero-order valence-corrected chi connectivity index (χ0v) is 16.9. The van der Waals surface area contributed by atoms with Gasteiger partial charge < -0.3 is 20.3 Å². The maximum atomic E-state index is 12.5. The molecule has 28 heavy (non-hydrogen) atoms. The van der Waals surface area contributed by atoms with Crippen molar-refractivity contribution in [3.63, 3.8) is 0 Å². The van der Waals surface area contributed by atoms with E-state index in [1.807, 2.05) is 55.5 Å². The van der Waals surface area contributed by atoms with Gasteiger partial charge in [-0.2, -0.15) is 0 Å². The Hall–Kier alpha value is -2.51. The van der Waals surface area contributed by atoms with E-state index in [0.29, 0.717) is 0 Å². The van der Waals surface area contributed by atoms with E-state index in [-0.39, 0.29) is 17.1 Å². The molecule has 148 valence electrons. The fourth-order valence-corrected chi connectivity index (χ4v) is 3.77. The molecule has 1 atom stereocenters. The third kappa shape index (κ3) is 5.74. The van der Waals surface area contributed by atoms with Gasteiger partial charge in [0.05, 0.1) is 18.5 Å². The lowest BCUT2D eigenvalue weighted by Gasteiger charge is -2.28. The van der Waals surface area contributed by atoms with Gasteiger partial charge >= 0.3 is 0 Å². The summed E-state index contributed by atoms with van der Waals surface area (Å²) in [4.78, 5) is 26.8. The van der Waals surface area contributed by atoms with Crippen molar-refractivity contribution in [2.45, 2.75) is 24.0 Å². The third-order valence-electron chi connectivity index (χ3n) is 4.37. The second-order valence-electron chi connectivity index (χ2n) is 6.60. The highest BCUT2D eigenvalue weighted by Crippen LogP contribution is 2.26. The predicted molar refractivity (Wildman–Crippen MR) is 114 cm³/mol. The van der Waals surface area contributed by atoms with E-state index in [0.717, 1.165) is 48.3 Å². The van der Waals surface area contributed by atoms with Gasteiger partial charge in [-0.05, 0) is 55.5 Å². The van der Waals surface area contributed by atoms with Crippen molar-refractivity contribution >= 4 is 40.6 Å². The Morgan fingerprint density at radius 1 is 0.964 bits per heavy atom. The van der Waals surface area contributed by atoms with Crippen LogP contribution in [-0.2, 0) is 14.3 Å². The predicted octanol–water partition coefficient (Wildman–Crippen LogP) is 3.60. The zero-order chi connectivity index (χ0) is 19.9. The Balaban J connectivity index is 1.52. The summed E-state index contributed by atoms with van der Waals surface area (Å²) < 4.78 is 5.38. The van der Waals surface area contributed by atoms with Gasteiger partial charge in [0.2, 0.25) is 11.8 Å². The molecule has 0 saturated carbocycles. The van der Waals surface area contributed by atoms with Crippen molar-refractivity contribution in [3.05, 3.63) is 48.5 Å². The number of morpholine rings is 1. The first-order valence-corrected chi connectivity index (χ1v) is 10.2. The fraction of sp³-hybridized carbons (Fsp3) is 0.333. The number of nitrogens with one attached hydrogen (secondary N) is 2. The first-order chi connectivity index (χ1) is 13.5. The lowest BCUT2D eigenvalue weighted by Crippen LogP contribution is -2.36. The van der Waals surface area contributed by atoms with Crippen molar-refractivity contribution in [3.8, 4) is 0 Å². The topological polar surface area (TPSA) is 70.7 Å². The van der Waals surface area contributed by atoms with Gasteiger partial charge in [-0.25, -0.2) is 0 Å². The number of anilines is 3. The molecular weight excluding hydrogens is 374 g/mol. The number of thioether (sulfide) groups is 1. The number of carbonyl (C=O) groups is 2. The van der Waals surface area contributed by atoms with Crippen LogP contribution in [0.15, 0.2) is 53.4 Å². The average Bonchev–Trinajstić information content (AvgIpc) is 2.70. The van der Waals surface area contributed by atoms with Crippen LogP contribution in [0.5, 0.6) is 0 Å². The third-order valence-corrected chi connectivity index (χ3v) is 5.48. The van der Waals surface area contributed by atoms with Gasteiger partial charge in [-0.1, -0.05) is 0 Å². The van der Waals surface area contributed by atoms with Crippen molar-refractivity contribution in [1.82, 2.24) is 0 Å². The van der Waals surface area contributed by atoms with E-state index in [2.05, 4.69) is 15.5 Å². The van der Waals surface area contributed by atoms with Crippen molar-refractivity contribution in [2.75, 3.05) is 41.8 Å². The van der Waals surface area contributed by atoms with Gasteiger partial charge in [-0.15, -0.1) is 11.8 Å². The molecule has 1 aliphatic rings. The quantitative estimate of drug-likeness (QED) is 0.727.